The molecule has 0 saturated heterocycles. The number of hydrogen-bond acceptors (Lipinski definition) is 6. The number of para-hydroxylation sites is 1. The van der Waals surface area contributed by atoms with Gasteiger partial charge in [-0.25, -0.2) is 0 Å². The van der Waals surface area contributed by atoms with Crippen LogP contribution in [0.4, 0.5) is 0 Å². The van der Waals surface area contributed by atoms with Gasteiger partial charge in [0.2, 0.25) is 17.6 Å². The molecule has 1 amide bonds. The highest BCUT2D eigenvalue weighted by atomic mass is 16.5. The van der Waals surface area contributed by atoms with Crippen molar-refractivity contribution < 1.29 is 24.0 Å². The highest BCUT2D eigenvalue weighted by Gasteiger charge is 2.32. The number of nitrogens with zero attached hydrogens (tertiary/aromatic N) is 2. The number of benzene rings is 1. The summed E-state index contributed by atoms with van der Waals surface area (Å²) < 4.78 is 10.6. The van der Waals surface area contributed by atoms with Gasteiger partial charge in [0, 0.05) is 5.92 Å². The number of aromatic nitrogens is 2. The first kappa shape index (κ1) is 18.9. The minimum atomic E-state index is -0.834. The van der Waals surface area contributed by atoms with Gasteiger partial charge in [-0.05, 0) is 38.3 Å². The monoisotopic (exact) mass is 373 g/mol. The van der Waals surface area contributed by atoms with Gasteiger partial charge in [-0.1, -0.05) is 23.7 Å². The van der Waals surface area contributed by atoms with E-state index in [1.54, 1.807) is 20.1 Å². The fraction of sp³-hybridized carbons (Fsp3) is 0.474. The van der Waals surface area contributed by atoms with Gasteiger partial charge in [0.15, 0.2) is 0 Å². The van der Waals surface area contributed by atoms with Gasteiger partial charge in [-0.2, -0.15) is 4.98 Å². The Bertz CT molecular complexity index is 819. The molecule has 1 fully saturated rings. The molecule has 1 aliphatic rings. The lowest BCUT2D eigenvalue weighted by molar-refractivity contribution is -0.144. The van der Waals surface area contributed by atoms with Crippen LogP contribution in [0.2, 0.25) is 0 Å². The zero-order chi connectivity index (χ0) is 19.4. The first-order valence-electron chi connectivity index (χ1n) is 8.99. The second kappa shape index (κ2) is 8.20. The number of carbonyl (C=O) groups is 2. The number of hydrogen-bond donors (Lipinski definition) is 2. The summed E-state index contributed by atoms with van der Waals surface area (Å²) in [6.45, 7) is 1.76. The lowest BCUT2D eigenvalue weighted by Crippen LogP contribution is -2.36. The standard InChI is InChI=1S/C19H23N3O5/c1-11(20-17(23)12-6-5-7-13(10-12)19(24)25)18-21-16(22-27-18)14-8-3-4-9-15(14)26-2/h3-4,8-9,11-13H,5-7,10H2,1-2H3,(H,20,23)(H,24,25). The van der Waals surface area contributed by atoms with E-state index in [0.29, 0.717) is 36.4 Å². The lowest BCUT2D eigenvalue weighted by Gasteiger charge is -2.26. The van der Waals surface area contributed by atoms with E-state index in [4.69, 9.17) is 9.26 Å². The number of aliphatic carboxylic acids is 1. The van der Waals surface area contributed by atoms with Crippen molar-refractivity contribution in [1.29, 1.82) is 0 Å². The van der Waals surface area contributed by atoms with Crippen LogP contribution in [0.3, 0.4) is 0 Å². The second-order valence-electron chi connectivity index (χ2n) is 6.79. The Labute approximate surface area is 156 Å². The van der Waals surface area contributed by atoms with Gasteiger partial charge >= 0.3 is 5.97 Å². The molecule has 3 rings (SSSR count). The average Bonchev–Trinajstić information content (AvgIpc) is 3.18. The van der Waals surface area contributed by atoms with E-state index in [2.05, 4.69) is 15.5 Å². The number of carboxylic acid groups (broad SMARTS) is 1. The lowest BCUT2D eigenvalue weighted by atomic mass is 9.81. The van der Waals surface area contributed by atoms with Crippen molar-refractivity contribution in [1.82, 2.24) is 15.5 Å². The maximum Gasteiger partial charge on any atom is 0.306 e. The zero-order valence-corrected chi connectivity index (χ0v) is 15.3. The minimum Gasteiger partial charge on any atom is -0.496 e. The fourth-order valence-corrected chi connectivity index (χ4v) is 3.40. The molecule has 3 atom stereocenters. The molecule has 27 heavy (non-hydrogen) atoms. The normalized spacial score (nSPS) is 20.7. The Morgan fingerprint density at radius 1 is 1.30 bits per heavy atom. The average molecular weight is 373 g/mol. The van der Waals surface area contributed by atoms with Gasteiger partial charge in [-0.15, -0.1) is 0 Å². The molecule has 2 N–H and O–H groups in total. The van der Waals surface area contributed by atoms with Crippen LogP contribution < -0.4 is 10.1 Å². The first-order valence-corrected chi connectivity index (χ1v) is 8.99. The summed E-state index contributed by atoms with van der Waals surface area (Å²) in [5.41, 5.74) is 0.699. The van der Waals surface area contributed by atoms with Crippen molar-refractivity contribution in [3.63, 3.8) is 0 Å². The van der Waals surface area contributed by atoms with Crippen molar-refractivity contribution >= 4 is 11.9 Å². The first-order chi connectivity index (χ1) is 13.0. The molecule has 1 aromatic heterocycles. The van der Waals surface area contributed by atoms with Crippen LogP contribution >= 0.6 is 0 Å². The van der Waals surface area contributed by atoms with E-state index in [9.17, 15) is 14.7 Å². The van der Waals surface area contributed by atoms with Crippen LogP contribution in [0.25, 0.3) is 11.4 Å². The molecule has 1 heterocycles. The predicted octanol–water partition coefficient (Wildman–Crippen LogP) is 2.81. The SMILES string of the molecule is COc1ccccc1-c1noc(C(C)NC(=O)C2CCCC(C(=O)O)C2)n1. The highest BCUT2D eigenvalue weighted by molar-refractivity contribution is 5.80. The smallest absolute Gasteiger partial charge is 0.306 e. The van der Waals surface area contributed by atoms with Crippen molar-refractivity contribution in [2.45, 2.75) is 38.6 Å². The number of rotatable bonds is 6. The van der Waals surface area contributed by atoms with E-state index in [1.165, 1.54) is 0 Å². The number of methoxy groups -OCH3 is 1. The van der Waals surface area contributed by atoms with Gasteiger partial charge in [-0.3, -0.25) is 9.59 Å². The Balaban J connectivity index is 1.66. The number of carboxylic acids is 1. The van der Waals surface area contributed by atoms with E-state index in [-0.39, 0.29) is 17.7 Å². The maximum absolute atomic E-state index is 12.5. The molecule has 3 unspecified atom stereocenters. The van der Waals surface area contributed by atoms with Gasteiger partial charge in [0.05, 0.1) is 18.6 Å². The Hall–Kier alpha value is -2.90. The summed E-state index contributed by atoms with van der Waals surface area (Å²) in [5.74, 6) is -0.473. The molecular weight excluding hydrogens is 350 g/mol. The molecule has 0 bridgehead atoms. The van der Waals surface area contributed by atoms with Crippen LogP contribution in [0.1, 0.15) is 44.5 Å². The summed E-state index contributed by atoms with van der Waals surface area (Å²) >= 11 is 0. The summed E-state index contributed by atoms with van der Waals surface area (Å²) in [7, 11) is 1.57. The third-order valence-corrected chi connectivity index (χ3v) is 4.91. The molecule has 1 aromatic carbocycles. The molecule has 0 radical (unpaired) electrons. The van der Waals surface area contributed by atoms with Crippen molar-refractivity contribution in [3.05, 3.63) is 30.2 Å². The molecule has 144 valence electrons. The number of amides is 1. The van der Waals surface area contributed by atoms with Crippen LogP contribution in [0.5, 0.6) is 5.75 Å². The Morgan fingerprint density at radius 3 is 2.78 bits per heavy atom. The van der Waals surface area contributed by atoms with Crippen LogP contribution in [0.15, 0.2) is 28.8 Å². The van der Waals surface area contributed by atoms with Crippen LogP contribution in [-0.2, 0) is 9.59 Å². The quantitative estimate of drug-likeness (QED) is 0.800. The summed E-state index contributed by atoms with van der Waals surface area (Å²) in [5, 5.41) is 16.0. The molecule has 2 aromatic rings. The fourth-order valence-electron chi connectivity index (χ4n) is 3.40. The van der Waals surface area contributed by atoms with E-state index < -0.39 is 17.9 Å². The topological polar surface area (TPSA) is 115 Å². The van der Waals surface area contributed by atoms with Crippen molar-refractivity contribution in [3.8, 4) is 17.1 Å². The van der Waals surface area contributed by atoms with Crippen molar-refractivity contribution in [2.24, 2.45) is 11.8 Å². The predicted molar refractivity (Wildman–Crippen MR) is 95.9 cm³/mol. The summed E-state index contributed by atoms with van der Waals surface area (Å²) in [6, 6.07) is 6.85. The third-order valence-electron chi connectivity index (χ3n) is 4.91. The largest absolute Gasteiger partial charge is 0.496 e. The van der Waals surface area contributed by atoms with Crippen LogP contribution in [-0.4, -0.2) is 34.2 Å². The molecule has 1 saturated carbocycles. The molecule has 8 nitrogen and oxygen atoms in total. The Morgan fingerprint density at radius 2 is 2.04 bits per heavy atom. The third kappa shape index (κ3) is 4.27. The zero-order valence-electron chi connectivity index (χ0n) is 15.3. The summed E-state index contributed by atoms with van der Waals surface area (Å²) in [4.78, 5) is 28.1. The van der Waals surface area contributed by atoms with E-state index in [0.717, 1.165) is 6.42 Å². The van der Waals surface area contributed by atoms with Gasteiger partial charge in [0.25, 0.3) is 0 Å². The maximum atomic E-state index is 12.5. The molecule has 0 spiro atoms. The van der Waals surface area contributed by atoms with E-state index in [1.807, 2.05) is 18.2 Å². The minimum absolute atomic E-state index is 0.175. The Kier molecular flexibility index (Phi) is 5.73. The molecule has 0 aliphatic heterocycles. The number of carbonyl (C=O) groups excluding carboxylic acids is 1. The molecular formula is C19H23N3O5. The highest BCUT2D eigenvalue weighted by Crippen LogP contribution is 2.31. The van der Waals surface area contributed by atoms with Crippen LogP contribution in [0, 0.1) is 11.8 Å². The number of ether oxygens (including phenoxy) is 1. The van der Waals surface area contributed by atoms with Crippen molar-refractivity contribution in [2.75, 3.05) is 7.11 Å². The van der Waals surface area contributed by atoms with E-state index >= 15 is 0 Å². The van der Waals surface area contributed by atoms with Gasteiger partial charge < -0.3 is 19.7 Å². The summed E-state index contributed by atoms with van der Waals surface area (Å²) in [6.07, 6.45) is 2.42. The number of nitrogens with one attached hydrogen (secondary N) is 1. The molecule has 1 aliphatic carbocycles. The molecule has 8 heteroatoms. The van der Waals surface area contributed by atoms with Gasteiger partial charge in [0.1, 0.15) is 11.8 Å². The second-order valence-corrected chi connectivity index (χ2v) is 6.79.